The lowest BCUT2D eigenvalue weighted by Crippen LogP contribution is -2.24. The van der Waals surface area contributed by atoms with E-state index in [1.165, 1.54) is 0 Å². The highest BCUT2D eigenvalue weighted by Crippen LogP contribution is 2.21. The minimum Gasteiger partial charge on any atom is -0.497 e. The van der Waals surface area contributed by atoms with Gasteiger partial charge in [-0.2, -0.15) is 0 Å². The zero-order valence-electron chi connectivity index (χ0n) is 16.2. The van der Waals surface area contributed by atoms with Gasteiger partial charge in [0.2, 0.25) is 5.91 Å². The molecule has 0 aliphatic rings. The van der Waals surface area contributed by atoms with E-state index in [4.69, 9.17) is 4.74 Å². The number of ether oxygens (including phenoxy) is 1. The van der Waals surface area contributed by atoms with Crippen LogP contribution in [0.4, 0.5) is 11.4 Å². The van der Waals surface area contributed by atoms with Gasteiger partial charge in [0.05, 0.1) is 18.4 Å². The average molecular weight is 368 g/mol. The molecular formula is C22H28N2O3. The minimum atomic E-state index is -0.266. The van der Waals surface area contributed by atoms with Crippen LogP contribution < -0.4 is 15.4 Å². The lowest BCUT2D eigenvalue weighted by Gasteiger charge is -2.16. The fourth-order valence-corrected chi connectivity index (χ4v) is 2.87. The fourth-order valence-electron chi connectivity index (χ4n) is 2.87. The van der Waals surface area contributed by atoms with E-state index < -0.39 is 0 Å². The first-order valence-electron chi connectivity index (χ1n) is 9.44. The van der Waals surface area contributed by atoms with Crippen molar-refractivity contribution in [1.82, 2.24) is 0 Å². The van der Waals surface area contributed by atoms with Crippen LogP contribution in [-0.2, 0) is 4.79 Å². The Kier molecular flexibility index (Phi) is 7.86. The largest absolute Gasteiger partial charge is 0.497 e. The van der Waals surface area contributed by atoms with Gasteiger partial charge in [0.15, 0.2) is 0 Å². The third-order valence-corrected chi connectivity index (χ3v) is 4.55. The molecule has 5 nitrogen and oxygen atoms in total. The molecule has 0 fully saturated rings. The van der Waals surface area contributed by atoms with Gasteiger partial charge in [0.1, 0.15) is 5.75 Å². The van der Waals surface area contributed by atoms with Crippen molar-refractivity contribution in [3.8, 4) is 5.75 Å². The summed E-state index contributed by atoms with van der Waals surface area (Å²) < 4.78 is 5.12. The molecule has 2 amide bonds. The zero-order valence-corrected chi connectivity index (χ0v) is 16.2. The minimum absolute atomic E-state index is 0.0318. The van der Waals surface area contributed by atoms with Crippen LogP contribution in [0.1, 0.15) is 49.9 Å². The molecular weight excluding hydrogens is 340 g/mol. The summed E-state index contributed by atoms with van der Waals surface area (Å²) in [6, 6.07) is 14.2. The van der Waals surface area contributed by atoms with E-state index in [9.17, 15) is 9.59 Å². The first-order valence-corrected chi connectivity index (χ1v) is 9.44. The highest BCUT2D eigenvalue weighted by Gasteiger charge is 2.19. The summed E-state index contributed by atoms with van der Waals surface area (Å²) in [6.07, 6.45) is 3.72. The summed E-state index contributed by atoms with van der Waals surface area (Å²) in [5.74, 6) is 0.384. The number of methoxy groups -OCH3 is 1. The Morgan fingerprint density at radius 3 is 2.33 bits per heavy atom. The number of nitrogens with one attached hydrogen (secondary N) is 2. The molecule has 2 N–H and O–H groups in total. The molecule has 0 heterocycles. The van der Waals surface area contributed by atoms with Crippen molar-refractivity contribution < 1.29 is 14.3 Å². The number of benzene rings is 2. The van der Waals surface area contributed by atoms with Crippen LogP contribution in [0.2, 0.25) is 0 Å². The Bertz CT molecular complexity index is 756. The maximum atomic E-state index is 12.7. The molecule has 5 heteroatoms. The first-order chi connectivity index (χ1) is 13.1. The van der Waals surface area contributed by atoms with Gasteiger partial charge in [0.25, 0.3) is 5.91 Å². The monoisotopic (exact) mass is 368 g/mol. The van der Waals surface area contributed by atoms with Crippen LogP contribution in [-0.4, -0.2) is 18.9 Å². The topological polar surface area (TPSA) is 67.4 Å². The van der Waals surface area contributed by atoms with Crippen molar-refractivity contribution in [3.63, 3.8) is 0 Å². The maximum Gasteiger partial charge on any atom is 0.257 e. The number of para-hydroxylation sites is 1. The van der Waals surface area contributed by atoms with Gasteiger partial charge >= 0.3 is 0 Å². The highest BCUT2D eigenvalue weighted by atomic mass is 16.5. The van der Waals surface area contributed by atoms with Gasteiger partial charge in [0, 0.05) is 11.6 Å². The third-order valence-electron chi connectivity index (χ3n) is 4.55. The van der Waals surface area contributed by atoms with Crippen LogP contribution in [0, 0.1) is 5.92 Å². The SMILES string of the molecule is CCCCC(CC)C(=O)Nc1ccccc1C(=O)Nc1ccc(OC)cc1. The van der Waals surface area contributed by atoms with Crippen LogP contribution >= 0.6 is 0 Å². The van der Waals surface area contributed by atoms with Crippen molar-refractivity contribution >= 4 is 23.2 Å². The van der Waals surface area contributed by atoms with E-state index >= 15 is 0 Å². The van der Waals surface area contributed by atoms with Crippen molar-refractivity contribution in [2.24, 2.45) is 5.92 Å². The van der Waals surface area contributed by atoms with Gasteiger partial charge in [-0.15, -0.1) is 0 Å². The molecule has 0 saturated heterocycles. The van der Waals surface area contributed by atoms with E-state index in [1.807, 2.05) is 13.0 Å². The van der Waals surface area contributed by atoms with Crippen molar-refractivity contribution in [2.45, 2.75) is 39.5 Å². The second kappa shape index (κ2) is 10.4. The van der Waals surface area contributed by atoms with Gasteiger partial charge in [-0.25, -0.2) is 0 Å². The predicted molar refractivity (Wildman–Crippen MR) is 109 cm³/mol. The van der Waals surface area contributed by atoms with Gasteiger partial charge in [-0.05, 0) is 49.2 Å². The molecule has 2 rings (SSSR count). The molecule has 144 valence electrons. The molecule has 2 aromatic carbocycles. The molecule has 27 heavy (non-hydrogen) atoms. The van der Waals surface area contributed by atoms with Crippen molar-refractivity contribution in [2.75, 3.05) is 17.7 Å². The molecule has 0 aromatic heterocycles. The van der Waals surface area contributed by atoms with Crippen molar-refractivity contribution in [3.05, 3.63) is 54.1 Å². The number of hydrogen-bond donors (Lipinski definition) is 2. The molecule has 1 unspecified atom stereocenters. The number of carbonyl (C=O) groups is 2. The Hall–Kier alpha value is -2.82. The summed E-state index contributed by atoms with van der Waals surface area (Å²) in [5, 5.41) is 5.79. The molecule has 2 aromatic rings. The highest BCUT2D eigenvalue weighted by molar-refractivity contribution is 6.10. The summed E-state index contributed by atoms with van der Waals surface area (Å²) in [7, 11) is 1.59. The Morgan fingerprint density at radius 2 is 1.70 bits per heavy atom. The number of unbranched alkanes of at least 4 members (excludes halogenated alkanes) is 1. The van der Waals surface area contributed by atoms with Gasteiger partial charge in [-0.3, -0.25) is 9.59 Å². The standard InChI is InChI=1S/C22H28N2O3/c1-4-6-9-16(5-2)21(25)24-20-11-8-7-10-19(20)22(26)23-17-12-14-18(27-3)15-13-17/h7-8,10-16H,4-6,9H2,1-3H3,(H,23,26)(H,24,25). The third kappa shape index (κ3) is 5.84. The first kappa shape index (κ1) is 20.5. The number of hydrogen-bond acceptors (Lipinski definition) is 3. The fraction of sp³-hybridized carbons (Fsp3) is 0.364. The summed E-state index contributed by atoms with van der Waals surface area (Å²) in [4.78, 5) is 25.3. The van der Waals surface area contributed by atoms with E-state index in [0.29, 0.717) is 16.9 Å². The summed E-state index contributed by atoms with van der Waals surface area (Å²) in [5.41, 5.74) is 1.63. The second-order valence-corrected chi connectivity index (χ2v) is 6.46. The Morgan fingerprint density at radius 1 is 1.00 bits per heavy atom. The van der Waals surface area contributed by atoms with Crippen LogP contribution in [0.25, 0.3) is 0 Å². The summed E-state index contributed by atoms with van der Waals surface area (Å²) >= 11 is 0. The average Bonchev–Trinajstić information content (AvgIpc) is 2.69. The molecule has 0 saturated carbocycles. The predicted octanol–water partition coefficient (Wildman–Crippen LogP) is 5.10. The van der Waals surface area contributed by atoms with Crippen molar-refractivity contribution in [1.29, 1.82) is 0 Å². The van der Waals surface area contributed by atoms with Crippen LogP contribution in [0.3, 0.4) is 0 Å². The van der Waals surface area contributed by atoms with Gasteiger partial charge < -0.3 is 15.4 Å². The van der Waals surface area contributed by atoms with E-state index in [-0.39, 0.29) is 17.7 Å². The van der Waals surface area contributed by atoms with Crippen LogP contribution in [0.5, 0.6) is 5.75 Å². The molecule has 0 bridgehead atoms. The molecule has 0 aliphatic heterocycles. The van der Waals surface area contributed by atoms with E-state index in [0.717, 1.165) is 31.4 Å². The lowest BCUT2D eigenvalue weighted by molar-refractivity contribution is -0.120. The lowest BCUT2D eigenvalue weighted by atomic mass is 9.98. The normalized spacial score (nSPS) is 11.5. The number of amides is 2. The molecule has 0 spiro atoms. The number of anilines is 2. The van der Waals surface area contributed by atoms with E-state index in [2.05, 4.69) is 17.6 Å². The Balaban J connectivity index is 2.11. The Labute approximate surface area is 161 Å². The smallest absolute Gasteiger partial charge is 0.257 e. The molecule has 1 atom stereocenters. The second-order valence-electron chi connectivity index (χ2n) is 6.46. The quantitative estimate of drug-likeness (QED) is 0.647. The molecule has 0 radical (unpaired) electrons. The zero-order chi connectivity index (χ0) is 19.6. The van der Waals surface area contributed by atoms with Gasteiger partial charge in [-0.1, -0.05) is 38.8 Å². The summed E-state index contributed by atoms with van der Waals surface area (Å²) in [6.45, 7) is 4.13. The number of carbonyl (C=O) groups excluding carboxylic acids is 2. The van der Waals surface area contributed by atoms with E-state index in [1.54, 1.807) is 49.6 Å². The molecule has 0 aliphatic carbocycles. The van der Waals surface area contributed by atoms with Crippen LogP contribution in [0.15, 0.2) is 48.5 Å². The maximum absolute atomic E-state index is 12.7. The number of rotatable bonds is 9.